The van der Waals surface area contributed by atoms with E-state index in [-0.39, 0.29) is 11.7 Å². The van der Waals surface area contributed by atoms with Crippen LogP contribution < -0.4 is 14.9 Å². The average molecular weight is 426 g/mol. The van der Waals surface area contributed by atoms with Crippen LogP contribution in [0.2, 0.25) is 0 Å². The summed E-state index contributed by atoms with van der Waals surface area (Å²) in [7, 11) is 3.24. The van der Waals surface area contributed by atoms with Crippen LogP contribution in [0.25, 0.3) is 11.4 Å². The molecule has 8 nitrogen and oxygen atoms in total. The van der Waals surface area contributed by atoms with Gasteiger partial charge in [0.15, 0.2) is 11.0 Å². The number of nitrogens with one attached hydrogen (secondary N) is 1. The smallest absolute Gasteiger partial charge is 0.250 e. The molecule has 1 amide bonds. The number of methoxy groups -OCH3 is 2. The number of ether oxygens (including phenoxy) is 2. The Balaban J connectivity index is 1.57. The van der Waals surface area contributed by atoms with Crippen LogP contribution in [-0.2, 0) is 11.3 Å². The molecule has 0 aliphatic carbocycles. The Kier molecular flexibility index (Phi) is 7.45. The first-order chi connectivity index (χ1) is 14.6. The van der Waals surface area contributed by atoms with Crippen LogP contribution in [0.15, 0.2) is 58.8 Å². The minimum Gasteiger partial charge on any atom is -0.497 e. The molecule has 2 aromatic carbocycles. The van der Waals surface area contributed by atoms with E-state index in [0.29, 0.717) is 11.7 Å². The Bertz CT molecular complexity index is 1000. The zero-order chi connectivity index (χ0) is 21.3. The topological polar surface area (TPSA) is 90.6 Å². The molecule has 0 bridgehead atoms. The van der Waals surface area contributed by atoms with Gasteiger partial charge in [-0.2, -0.15) is 5.10 Å². The molecule has 0 atom stereocenters. The lowest BCUT2D eigenvalue weighted by molar-refractivity contribution is -0.118. The molecule has 1 aromatic heterocycles. The molecule has 3 rings (SSSR count). The van der Waals surface area contributed by atoms with Gasteiger partial charge in [0, 0.05) is 12.1 Å². The van der Waals surface area contributed by atoms with Gasteiger partial charge in [-0.15, -0.1) is 10.2 Å². The third-order valence-electron chi connectivity index (χ3n) is 4.23. The maximum atomic E-state index is 12.1. The number of aromatic nitrogens is 3. The van der Waals surface area contributed by atoms with Crippen molar-refractivity contribution >= 4 is 23.9 Å². The van der Waals surface area contributed by atoms with E-state index in [9.17, 15) is 4.79 Å². The fraction of sp³-hybridized carbons (Fsp3) is 0.238. The van der Waals surface area contributed by atoms with Crippen molar-refractivity contribution < 1.29 is 14.3 Å². The molecule has 0 aliphatic heterocycles. The summed E-state index contributed by atoms with van der Waals surface area (Å²) in [6.07, 6.45) is 1.58. The highest BCUT2D eigenvalue weighted by atomic mass is 32.2. The Hall–Kier alpha value is -3.33. The monoisotopic (exact) mass is 425 g/mol. The third kappa shape index (κ3) is 5.38. The summed E-state index contributed by atoms with van der Waals surface area (Å²) in [6, 6.07) is 15.0. The standard InChI is InChI=1S/C21H23N5O3S/c1-4-26-20(16-7-11-18(29-3)12-8-16)24-25-21(26)30-14-19(27)23-22-13-15-5-9-17(28-2)10-6-15/h5-13H,4,14H2,1-3H3,(H,23,27). The second-order valence-electron chi connectivity index (χ2n) is 6.13. The highest BCUT2D eigenvalue weighted by Crippen LogP contribution is 2.25. The van der Waals surface area contributed by atoms with Crippen LogP contribution in [-0.4, -0.2) is 46.9 Å². The number of thioether (sulfide) groups is 1. The molecule has 3 aromatic rings. The van der Waals surface area contributed by atoms with Crippen LogP contribution >= 0.6 is 11.8 Å². The molecule has 9 heteroatoms. The maximum Gasteiger partial charge on any atom is 0.250 e. The van der Waals surface area contributed by atoms with E-state index < -0.39 is 0 Å². The van der Waals surface area contributed by atoms with Gasteiger partial charge in [0.25, 0.3) is 5.91 Å². The summed E-state index contributed by atoms with van der Waals surface area (Å²) in [6.45, 7) is 2.70. The Labute approximate surface area is 179 Å². The van der Waals surface area contributed by atoms with Crippen LogP contribution in [0.3, 0.4) is 0 Å². The van der Waals surface area contributed by atoms with E-state index in [0.717, 1.165) is 28.5 Å². The molecule has 0 unspecified atom stereocenters. The van der Waals surface area contributed by atoms with Crippen molar-refractivity contribution in [1.29, 1.82) is 0 Å². The molecular formula is C21H23N5O3S. The van der Waals surface area contributed by atoms with Crippen molar-refractivity contribution in [1.82, 2.24) is 20.2 Å². The molecule has 0 spiro atoms. The van der Waals surface area contributed by atoms with E-state index in [4.69, 9.17) is 9.47 Å². The molecule has 1 N–H and O–H groups in total. The predicted molar refractivity (Wildman–Crippen MR) is 117 cm³/mol. The number of benzene rings is 2. The molecule has 0 fully saturated rings. The van der Waals surface area contributed by atoms with Crippen molar-refractivity contribution in [2.75, 3.05) is 20.0 Å². The quantitative estimate of drug-likeness (QED) is 0.322. The van der Waals surface area contributed by atoms with Crippen LogP contribution in [0, 0.1) is 0 Å². The normalized spacial score (nSPS) is 10.9. The van der Waals surface area contributed by atoms with Crippen molar-refractivity contribution in [2.24, 2.45) is 5.10 Å². The lowest BCUT2D eigenvalue weighted by Crippen LogP contribution is -2.20. The van der Waals surface area contributed by atoms with E-state index in [2.05, 4.69) is 20.7 Å². The van der Waals surface area contributed by atoms with Gasteiger partial charge >= 0.3 is 0 Å². The van der Waals surface area contributed by atoms with Crippen LogP contribution in [0.5, 0.6) is 11.5 Å². The molecule has 156 valence electrons. The van der Waals surface area contributed by atoms with Gasteiger partial charge in [0.2, 0.25) is 0 Å². The van der Waals surface area contributed by atoms with Crippen molar-refractivity contribution in [2.45, 2.75) is 18.6 Å². The molecule has 30 heavy (non-hydrogen) atoms. The first-order valence-electron chi connectivity index (χ1n) is 9.31. The minimum absolute atomic E-state index is 0.181. The fourth-order valence-electron chi connectivity index (χ4n) is 2.67. The first-order valence-corrected chi connectivity index (χ1v) is 10.3. The fourth-order valence-corrected chi connectivity index (χ4v) is 3.46. The molecule has 1 heterocycles. The van der Waals surface area contributed by atoms with Gasteiger partial charge in [-0.05, 0) is 61.0 Å². The van der Waals surface area contributed by atoms with Gasteiger partial charge in [-0.25, -0.2) is 5.43 Å². The van der Waals surface area contributed by atoms with Gasteiger partial charge in [0.05, 0.1) is 26.2 Å². The van der Waals surface area contributed by atoms with Gasteiger partial charge in [-0.3, -0.25) is 4.79 Å². The molecule has 0 radical (unpaired) electrons. The number of hydrogen-bond acceptors (Lipinski definition) is 7. The summed E-state index contributed by atoms with van der Waals surface area (Å²) in [5.74, 6) is 2.26. The average Bonchev–Trinajstić information content (AvgIpc) is 3.21. The summed E-state index contributed by atoms with van der Waals surface area (Å²) < 4.78 is 12.3. The summed E-state index contributed by atoms with van der Waals surface area (Å²) in [5.41, 5.74) is 4.32. The van der Waals surface area contributed by atoms with Gasteiger partial charge in [0.1, 0.15) is 11.5 Å². The zero-order valence-corrected chi connectivity index (χ0v) is 17.8. The third-order valence-corrected chi connectivity index (χ3v) is 5.20. The predicted octanol–water partition coefficient (Wildman–Crippen LogP) is 3.22. The first kappa shape index (κ1) is 21.4. The Morgan fingerprint density at radius 1 is 1.07 bits per heavy atom. The summed E-state index contributed by atoms with van der Waals surface area (Å²) in [4.78, 5) is 12.1. The van der Waals surface area contributed by atoms with Crippen molar-refractivity contribution in [3.05, 3.63) is 54.1 Å². The molecular weight excluding hydrogens is 402 g/mol. The number of amides is 1. The van der Waals surface area contributed by atoms with Gasteiger partial charge in [-0.1, -0.05) is 11.8 Å². The second-order valence-corrected chi connectivity index (χ2v) is 7.08. The SMILES string of the molecule is CCn1c(SCC(=O)NN=Cc2ccc(OC)cc2)nnc1-c1ccc(OC)cc1. The zero-order valence-electron chi connectivity index (χ0n) is 17.0. The highest BCUT2D eigenvalue weighted by molar-refractivity contribution is 7.99. The Morgan fingerprint density at radius 3 is 2.30 bits per heavy atom. The van der Waals surface area contributed by atoms with E-state index >= 15 is 0 Å². The van der Waals surface area contributed by atoms with Crippen molar-refractivity contribution in [3.8, 4) is 22.9 Å². The lowest BCUT2D eigenvalue weighted by Gasteiger charge is -2.07. The number of carbonyl (C=O) groups excluding carboxylic acids is 1. The van der Waals surface area contributed by atoms with E-state index in [1.807, 2.05) is 60.0 Å². The number of carbonyl (C=O) groups is 1. The lowest BCUT2D eigenvalue weighted by atomic mass is 10.2. The molecule has 0 saturated carbocycles. The van der Waals surface area contributed by atoms with E-state index in [1.54, 1.807) is 20.4 Å². The summed E-state index contributed by atoms with van der Waals surface area (Å²) >= 11 is 1.32. The maximum absolute atomic E-state index is 12.1. The summed E-state index contributed by atoms with van der Waals surface area (Å²) in [5, 5.41) is 13.2. The van der Waals surface area contributed by atoms with E-state index in [1.165, 1.54) is 11.8 Å². The largest absolute Gasteiger partial charge is 0.497 e. The minimum atomic E-state index is -0.221. The highest BCUT2D eigenvalue weighted by Gasteiger charge is 2.14. The number of hydrazone groups is 1. The molecule has 0 saturated heterocycles. The number of hydrogen-bond donors (Lipinski definition) is 1. The van der Waals surface area contributed by atoms with Crippen LogP contribution in [0.1, 0.15) is 12.5 Å². The van der Waals surface area contributed by atoms with Crippen molar-refractivity contribution in [3.63, 3.8) is 0 Å². The second kappa shape index (κ2) is 10.4. The number of nitrogens with zero attached hydrogens (tertiary/aromatic N) is 4. The number of rotatable bonds is 9. The van der Waals surface area contributed by atoms with Gasteiger partial charge < -0.3 is 14.0 Å². The van der Waals surface area contributed by atoms with Crippen LogP contribution in [0.4, 0.5) is 0 Å². The molecule has 0 aliphatic rings. The Morgan fingerprint density at radius 2 is 1.70 bits per heavy atom.